The quantitative estimate of drug-likeness (QED) is 0.301. The van der Waals surface area contributed by atoms with Crippen LogP contribution in [-0.4, -0.2) is 41.1 Å². The molecule has 3 heterocycles. The second kappa shape index (κ2) is 9.59. The minimum absolute atomic E-state index is 0.0192. The molecule has 0 atom stereocenters. The molecule has 33 heavy (non-hydrogen) atoms. The van der Waals surface area contributed by atoms with Crippen LogP contribution in [0.1, 0.15) is 0 Å². The van der Waals surface area contributed by atoms with Crippen molar-refractivity contribution in [3.8, 4) is 17.0 Å². The molecule has 1 aromatic carbocycles. The molecule has 0 radical (unpaired) electrons. The molecule has 0 aliphatic carbocycles. The van der Waals surface area contributed by atoms with Gasteiger partial charge < -0.3 is 20.1 Å². The number of benzene rings is 1. The van der Waals surface area contributed by atoms with Crippen molar-refractivity contribution < 1.29 is 13.5 Å². The number of hydrogen-bond donors (Lipinski definition) is 3. The van der Waals surface area contributed by atoms with Gasteiger partial charge in [-0.3, -0.25) is 0 Å². The number of anilines is 3. The van der Waals surface area contributed by atoms with E-state index in [1.807, 2.05) is 0 Å². The van der Waals surface area contributed by atoms with Crippen LogP contribution in [0.25, 0.3) is 22.2 Å². The van der Waals surface area contributed by atoms with E-state index in [0.29, 0.717) is 49.8 Å². The molecule has 3 N–H and O–H groups in total. The largest absolute Gasteiger partial charge is 0.480 e. The maximum Gasteiger partial charge on any atom is 0.228 e. The van der Waals surface area contributed by atoms with Gasteiger partial charge in [-0.05, 0) is 30.1 Å². The van der Waals surface area contributed by atoms with Crippen molar-refractivity contribution in [2.24, 2.45) is 0 Å². The molecule has 4 rings (SSSR count). The van der Waals surface area contributed by atoms with Gasteiger partial charge >= 0.3 is 0 Å². The molecule has 4 aromatic rings. The summed E-state index contributed by atoms with van der Waals surface area (Å²) in [5.74, 6) is -0.936. The van der Waals surface area contributed by atoms with E-state index in [1.165, 1.54) is 19.4 Å². The normalized spacial score (nSPS) is 10.8. The Bertz CT molecular complexity index is 1340. The molecule has 0 saturated carbocycles. The van der Waals surface area contributed by atoms with Crippen LogP contribution in [0.4, 0.5) is 26.2 Å². The Morgan fingerprint density at radius 3 is 2.52 bits per heavy atom. The average Bonchev–Trinajstić information content (AvgIpc) is 2.83. The van der Waals surface area contributed by atoms with Gasteiger partial charge in [0, 0.05) is 54.8 Å². The first-order chi connectivity index (χ1) is 15.9. The van der Waals surface area contributed by atoms with Crippen molar-refractivity contribution in [1.29, 1.82) is 0 Å². The third-order valence-electron chi connectivity index (χ3n) is 4.60. The first-order valence-electron chi connectivity index (χ1n) is 9.58. The summed E-state index contributed by atoms with van der Waals surface area (Å²) in [6.45, 7) is 0. The Hall–Kier alpha value is -3.44. The standard InChI is InChI=1S/C21H18ClF2N7OS/c1-25-19-14(4-10-8-28-21(26-2)30-18(10)29-19)13-6-12(7-15(23)17(13)24)31-33-16-5-11(22)9-27-20(16)32-3/h4-9,31H,1-3H3,(H2,25,26,28,29,30). The summed E-state index contributed by atoms with van der Waals surface area (Å²) in [4.78, 5) is 17.6. The van der Waals surface area contributed by atoms with Crippen LogP contribution in [0.5, 0.6) is 5.88 Å². The van der Waals surface area contributed by atoms with Gasteiger partial charge in [-0.25, -0.2) is 23.7 Å². The van der Waals surface area contributed by atoms with E-state index in [4.69, 9.17) is 16.3 Å². The fraction of sp³-hybridized carbons (Fsp3) is 0.143. The number of ether oxygens (including phenoxy) is 1. The lowest BCUT2D eigenvalue weighted by atomic mass is 10.0. The number of rotatable bonds is 7. The van der Waals surface area contributed by atoms with Gasteiger partial charge in [-0.2, -0.15) is 4.98 Å². The van der Waals surface area contributed by atoms with Crippen LogP contribution in [0.15, 0.2) is 41.6 Å². The zero-order valence-electron chi connectivity index (χ0n) is 17.7. The maximum absolute atomic E-state index is 14.9. The highest BCUT2D eigenvalue weighted by Crippen LogP contribution is 2.36. The Morgan fingerprint density at radius 2 is 1.79 bits per heavy atom. The van der Waals surface area contributed by atoms with E-state index >= 15 is 0 Å². The van der Waals surface area contributed by atoms with Crippen LogP contribution >= 0.6 is 23.5 Å². The van der Waals surface area contributed by atoms with Gasteiger partial charge in [0.15, 0.2) is 17.3 Å². The minimum atomic E-state index is -1.02. The first kappa shape index (κ1) is 22.7. The highest BCUT2D eigenvalue weighted by Gasteiger charge is 2.18. The highest BCUT2D eigenvalue weighted by atomic mass is 35.5. The van der Waals surface area contributed by atoms with Crippen LogP contribution in [0.2, 0.25) is 5.02 Å². The van der Waals surface area contributed by atoms with Crippen molar-refractivity contribution in [1.82, 2.24) is 19.9 Å². The third-order valence-corrected chi connectivity index (χ3v) is 5.66. The Kier molecular flexibility index (Phi) is 6.61. The number of fused-ring (bicyclic) bond motifs is 1. The summed E-state index contributed by atoms with van der Waals surface area (Å²) >= 11 is 7.11. The summed E-state index contributed by atoms with van der Waals surface area (Å²) < 4.78 is 37.6. The fourth-order valence-corrected chi connectivity index (χ4v) is 4.05. The van der Waals surface area contributed by atoms with Crippen LogP contribution in [-0.2, 0) is 0 Å². The molecule has 170 valence electrons. The summed E-state index contributed by atoms with van der Waals surface area (Å²) in [5, 5.41) is 6.75. The molecule has 8 nitrogen and oxygen atoms in total. The predicted molar refractivity (Wildman–Crippen MR) is 127 cm³/mol. The molecule has 3 aromatic heterocycles. The van der Waals surface area contributed by atoms with Crippen LogP contribution in [0.3, 0.4) is 0 Å². The van der Waals surface area contributed by atoms with Crippen molar-refractivity contribution in [2.45, 2.75) is 4.90 Å². The van der Waals surface area contributed by atoms with Gasteiger partial charge in [0.1, 0.15) is 5.82 Å². The van der Waals surface area contributed by atoms with E-state index in [9.17, 15) is 8.78 Å². The van der Waals surface area contributed by atoms with Gasteiger partial charge in [-0.15, -0.1) is 0 Å². The number of nitrogens with zero attached hydrogens (tertiary/aromatic N) is 4. The van der Waals surface area contributed by atoms with Gasteiger partial charge in [0.2, 0.25) is 11.8 Å². The zero-order valence-corrected chi connectivity index (χ0v) is 19.3. The molecule has 0 amide bonds. The van der Waals surface area contributed by atoms with E-state index < -0.39 is 11.6 Å². The number of nitrogens with one attached hydrogen (secondary N) is 3. The SMILES string of the molecule is CNc1ncc2cc(-c3cc(NSc4cc(Cl)cnc4OC)cc(F)c3F)c(NC)nc2n1. The van der Waals surface area contributed by atoms with Crippen molar-refractivity contribution in [3.63, 3.8) is 0 Å². The van der Waals surface area contributed by atoms with Crippen molar-refractivity contribution >= 4 is 52.0 Å². The lowest BCUT2D eigenvalue weighted by Crippen LogP contribution is -2.02. The topological polar surface area (TPSA) is 96.9 Å². The van der Waals surface area contributed by atoms with Gasteiger partial charge in [0.05, 0.1) is 17.0 Å². The molecular formula is C21H18ClF2N7OS. The summed E-state index contributed by atoms with van der Waals surface area (Å²) in [6.07, 6.45) is 3.02. The second-order valence-electron chi connectivity index (χ2n) is 6.68. The lowest BCUT2D eigenvalue weighted by molar-refractivity contribution is 0.387. The summed E-state index contributed by atoms with van der Waals surface area (Å²) in [7, 11) is 4.81. The lowest BCUT2D eigenvalue weighted by Gasteiger charge is -2.14. The predicted octanol–water partition coefficient (Wildman–Crippen LogP) is 5.23. The van der Waals surface area contributed by atoms with Crippen LogP contribution < -0.4 is 20.1 Å². The molecule has 0 fully saturated rings. The van der Waals surface area contributed by atoms with E-state index in [2.05, 4.69) is 35.3 Å². The molecular weight excluding hydrogens is 472 g/mol. The summed E-state index contributed by atoms with van der Waals surface area (Å²) in [5.41, 5.74) is 1.11. The van der Waals surface area contributed by atoms with Crippen molar-refractivity contribution in [2.75, 3.05) is 36.6 Å². The van der Waals surface area contributed by atoms with E-state index in [0.717, 1.165) is 18.0 Å². The number of methoxy groups -OCH3 is 1. The van der Waals surface area contributed by atoms with E-state index in [-0.39, 0.29) is 5.56 Å². The Labute approximate surface area is 197 Å². The van der Waals surface area contributed by atoms with E-state index in [1.54, 1.807) is 32.4 Å². The molecule has 0 aliphatic rings. The molecule has 0 unspecified atom stereocenters. The third kappa shape index (κ3) is 4.69. The second-order valence-corrected chi connectivity index (χ2v) is 7.96. The van der Waals surface area contributed by atoms with Gasteiger partial charge in [-0.1, -0.05) is 11.6 Å². The Morgan fingerprint density at radius 1 is 0.970 bits per heavy atom. The molecule has 0 bridgehead atoms. The maximum atomic E-state index is 14.9. The van der Waals surface area contributed by atoms with Gasteiger partial charge in [0.25, 0.3) is 0 Å². The molecule has 0 spiro atoms. The number of hydrogen-bond acceptors (Lipinski definition) is 9. The minimum Gasteiger partial charge on any atom is -0.480 e. The fourth-order valence-electron chi connectivity index (χ4n) is 3.07. The molecule has 0 aliphatic heterocycles. The first-order valence-corrected chi connectivity index (χ1v) is 10.8. The number of halogens is 3. The van der Waals surface area contributed by atoms with Crippen LogP contribution in [0, 0.1) is 11.6 Å². The highest BCUT2D eigenvalue weighted by molar-refractivity contribution is 8.00. The smallest absolute Gasteiger partial charge is 0.228 e. The monoisotopic (exact) mass is 489 g/mol. The number of pyridine rings is 2. The molecule has 12 heteroatoms. The molecule has 0 saturated heterocycles. The summed E-state index contributed by atoms with van der Waals surface area (Å²) in [6, 6.07) is 5.86. The average molecular weight is 490 g/mol. The number of aromatic nitrogens is 4. The van der Waals surface area contributed by atoms with Crippen molar-refractivity contribution in [3.05, 3.63) is 53.3 Å². The Balaban J connectivity index is 1.74. The zero-order chi connectivity index (χ0) is 23.5.